The Kier molecular flexibility index (Phi) is 11.5. The van der Waals surface area contributed by atoms with Crippen molar-refractivity contribution in [3.8, 4) is 0 Å². The van der Waals surface area contributed by atoms with Crippen LogP contribution < -0.4 is 0 Å². The maximum atomic E-state index is 14.1. The summed E-state index contributed by atoms with van der Waals surface area (Å²) in [6, 6.07) is 0. The minimum atomic E-state index is -5.70. The van der Waals surface area contributed by atoms with Gasteiger partial charge in [-0.15, -0.1) is 0 Å². The third-order valence-corrected chi connectivity index (χ3v) is 10.9. The minimum absolute atomic E-state index is 0.00736. The fraction of sp³-hybridized carbons (Fsp3) is 0.900. The van der Waals surface area contributed by atoms with Crippen LogP contribution in [0.15, 0.2) is 12.2 Å². The standard InChI is InChI=1S/C30H50F6O3SSi/c1-21(2)40-38-28(29(31,32)33,30(34,35)36)20-12-18-26(5,17-11-16-25(3,4)39-41(7,8)9)24-15-14-22-23(37)13-10-19-27(22,24)6/h12,20-22,24H,10-11,13-19H2,1-9H3/b20-12+/t22?,24?,26?,27-/m0/s1. The molecule has 41 heavy (non-hydrogen) atoms. The molecule has 3 unspecified atom stereocenters. The molecule has 2 rings (SSSR count). The fourth-order valence-corrected chi connectivity index (χ4v) is 9.78. The van der Waals surface area contributed by atoms with E-state index in [0.717, 1.165) is 25.3 Å². The van der Waals surface area contributed by atoms with Gasteiger partial charge in [-0.2, -0.15) is 26.3 Å². The number of hydrogen-bond acceptors (Lipinski definition) is 4. The van der Waals surface area contributed by atoms with Crippen LogP contribution >= 0.6 is 12.0 Å². The van der Waals surface area contributed by atoms with Gasteiger partial charge in [-0.1, -0.05) is 40.2 Å². The van der Waals surface area contributed by atoms with Gasteiger partial charge in [-0.3, -0.25) is 8.98 Å². The molecule has 0 aromatic carbocycles. The van der Waals surface area contributed by atoms with Gasteiger partial charge in [0, 0.05) is 17.6 Å². The van der Waals surface area contributed by atoms with Gasteiger partial charge >= 0.3 is 12.4 Å². The van der Waals surface area contributed by atoms with Crippen molar-refractivity contribution in [2.75, 3.05) is 0 Å². The summed E-state index contributed by atoms with van der Waals surface area (Å²) in [5.41, 5.74) is -5.74. The van der Waals surface area contributed by atoms with E-state index in [0.29, 0.717) is 32.1 Å². The maximum Gasteiger partial charge on any atom is 0.431 e. The van der Waals surface area contributed by atoms with Gasteiger partial charge in [-0.25, -0.2) is 0 Å². The van der Waals surface area contributed by atoms with Crippen LogP contribution in [0.1, 0.15) is 99.3 Å². The van der Waals surface area contributed by atoms with Crippen LogP contribution in [0.4, 0.5) is 26.3 Å². The fourth-order valence-electron chi connectivity index (χ4n) is 7.43. The van der Waals surface area contributed by atoms with E-state index in [1.165, 1.54) is 13.8 Å². The zero-order valence-corrected chi connectivity index (χ0v) is 28.0. The van der Waals surface area contributed by atoms with E-state index >= 15 is 0 Å². The lowest BCUT2D eigenvalue weighted by Gasteiger charge is -2.48. The molecule has 2 aliphatic rings. The van der Waals surface area contributed by atoms with Gasteiger partial charge in [0.05, 0.1) is 5.60 Å². The van der Waals surface area contributed by atoms with E-state index in [1.54, 1.807) is 0 Å². The van der Waals surface area contributed by atoms with E-state index in [-0.39, 0.29) is 47.6 Å². The van der Waals surface area contributed by atoms with Crippen LogP contribution in [0.5, 0.6) is 0 Å². The number of fused-ring (bicyclic) bond motifs is 1. The van der Waals surface area contributed by atoms with Gasteiger partial charge in [0.25, 0.3) is 5.60 Å². The van der Waals surface area contributed by atoms with Crippen molar-refractivity contribution in [2.45, 2.75) is 148 Å². The third kappa shape index (κ3) is 8.78. The van der Waals surface area contributed by atoms with Crippen molar-refractivity contribution in [1.82, 2.24) is 0 Å². The molecule has 240 valence electrons. The summed E-state index contributed by atoms with van der Waals surface area (Å²) in [5, 5.41) is -0.598. The molecule has 4 atom stereocenters. The molecule has 0 N–H and O–H groups in total. The molecule has 0 aromatic heterocycles. The highest BCUT2D eigenvalue weighted by Crippen LogP contribution is 2.62. The number of rotatable bonds is 13. The first-order chi connectivity index (χ1) is 18.4. The summed E-state index contributed by atoms with van der Waals surface area (Å²) in [6.07, 6.45) is -4.56. The van der Waals surface area contributed by atoms with Crippen molar-refractivity contribution in [2.24, 2.45) is 22.7 Å². The zero-order chi connectivity index (χ0) is 31.7. The van der Waals surface area contributed by atoms with Crippen LogP contribution in [0.25, 0.3) is 0 Å². The minimum Gasteiger partial charge on any atom is -0.413 e. The molecule has 0 aliphatic heterocycles. The highest BCUT2D eigenvalue weighted by molar-refractivity contribution is 7.95. The summed E-state index contributed by atoms with van der Waals surface area (Å²) in [6.45, 7) is 17.4. The van der Waals surface area contributed by atoms with Gasteiger partial charge in [0.15, 0.2) is 8.32 Å². The first-order valence-corrected chi connectivity index (χ1v) is 19.0. The summed E-state index contributed by atoms with van der Waals surface area (Å²) >= 11 is 0.171. The summed E-state index contributed by atoms with van der Waals surface area (Å²) in [7, 11) is -1.83. The lowest BCUT2D eigenvalue weighted by atomic mass is 9.56. The molecule has 0 amide bonds. The van der Waals surface area contributed by atoms with E-state index < -0.39 is 42.5 Å². The number of hydrogen-bond donors (Lipinski definition) is 0. The van der Waals surface area contributed by atoms with Crippen molar-refractivity contribution in [1.29, 1.82) is 0 Å². The predicted octanol–water partition coefficient (Wildman–Crippen LogP) is 10.5. The normalized spacial score (nSPS) is 26.6. The summed E-state index contributed by atoms with van der Waals surface area (Å²) < 4.78 is 95.4. The molecule has 0 bridgehead atoms. The Morgan fingerprint density at radius 1 is 1.02 bits per heavy atom. The number of ketones is 1. The molecule has 2 fully saturated rings. The molecular formula is C30H50F6O3SSi. The van der Waals surface area contributed by atoms with E-state index in [9.17, 15) is 31.1 Å². The molecule has 11 heteroatoms. The summed E-state index contributed by atoms with van der Waals surface area (Å²) in [4.78, 5) is 12.8. The number of halogens is 6. The highest BCUT2D eigenvalue weighted by Gasteiger charge is 2.71. The maximum absolute atomic E-state index is 14.1. The average molecular weight is 633 g/mol. The SMILES string of the molecule is CC(C)SOC(/C=C/CC(C)(CCCC(C)(C)O[Si](C)(C)C)C1CCC2C(=O)CCC[C@@]21C)(C(F)(F)F)C(F)(F)F. The first-order valence-electron chi connectivity index (χ1n) is 14.8. The molecule has 0 radical (unpaired) electrons. The Labute approximate surface area is 248 Å². The number of carbonyl (C=O) groups is 1. The van der Waals surface area contributed by atoms with Gasteiger partial charge in [0.2, 0.25) is 0 Å². The van der Waals surface area contributed by atoms with Crippen LogP contribution in [0.2, 0.25) is 19.6 Å². The van der Waals surface area contributed by atoms with Gasteiger partial charge in [0.1, 0.15) is 5.78 Å². The molecule has 3 nitrogen and oxygen atoms in total. The Hall–Kier alpha value is -0.523. The van der Waals surface area contributed by atoms with Crippen LogP contribution in [0, 0.1) is 22.7 Å². The second-order valence-corrected chi connectivity index (χ2v) is 20.3. The zero-order valence-electron chi connectivity index (χ0n) is 26.2. The number of allylic oxidation sites excluding steroid dienone is 1. The van der Waals surface area contributed by atoms with Gasteiger partial charge in [-0.05, 0) is 113 Å². The predicted molar refractivity (Wildman–Crippen MR) is 156 cm³/mol. The Balaban J connectivity index is 2.44. The van der Waals surface area contributed by atoms with Crippen LogP contribution in [-0.4, -0.2) is 42.9 Å². The smallest absolute Gasteiger partial charge is 0.413 e. The third-order valence-electron chi connectivity index (χ3n) is 8.96. The lowest BCUT2D eigenvalue weighted by Crippen LogP contribution is -2.56. The van der Waals surface area contributed by atoms with Crippen LogP contribution in [0.3, 0.4) is 0 Å². The van der Waals surface area contributed by atoms with Crippen molar-refractivity contribution < 1.29 is 39.7 Å². The second kappa shape index (κ2) is 12.8. The van der Waals surface area contributed by atoms with E-state index in [4.69, 9.17) is 4.43 Å². The Bertz CT molecular complexity index is 913. The number of Topliss-reactive ketones (excluding diaryl/α,β-unsaturated/α-hetero) is 1. The quantitative estimate of drug-likeness (QED) is 0.0876. The molecular weight excluding hydrogens is 582 g/mol. The molecule has 0 heterocycles. The molecule has 0 saturated heterocycles. The highest BCUT2D eigenvalue weighted by atomic mass is 32.2. The van der Waals surface area contributed by atoms with Crippen molar-refractivity contribution in [3.63, 3.8) is 0 Å². The van der Waals surface area contributed by atoms with E-state index in [1.807, 2.05) is 20.8 Å². The van der Waals surface area contributed by atoms with Crippen molar-refractivity contribution >= 4 is 26.1 Å². The topological polar surface area (TPSA) is 35.5 Å². The van der Waals surface area contributed by atoms with Crippen LogP contribution in [-0.2, 0) is 13.4 Å². The monoisotopic (exact) mass is 632 g/mol. The second-order valence-electron chi connectivity index (χ2n) is 14.6. The molecule has 0 spiro atoms. The van der Waals surface area contributed by atoms with Crippen molar-refractivity contribution in [3.05, 3.63) is 12.2 Å². The Morgan fingerprint density at radius 3 is 2.12 bits per heavy atom. The largest absolute Gasteiger partial charge is 0.431 e. The number of alkyl halides is 6. The first kappa shape index (κ1) is 36.7. The molecule has 2 saturated carbocycles. The average Bonchev–Trinajstić information content (AvgIpc) is 3.11. The molecule has 2 aliphatic carbocycles. The van der Waals surface area contributed by atoms with Gasteiger partial charge < -0.3 is 4.43 Å². The number of carbonyl (C=O) groups excluding carboxylic acids is 1. The molecule has 0 aromatic rings. The van der Waals surface area contributed by atoms with E-state index in [2.05, 4.69) is 30.7 Å². The Morgan fingerprint density at radius 2 is 1.61 bits per heavy atom. The lowest BCUT2D eigenvalue weighted by molar-refractivity contribution is -0.334. The summed E-state index contributed by atoms with van der Waals surface area (Å²) in [5.74, 6) is 0.120.